The summed E-state index contributed by atoms with van der Waals surface area (Å²) < 4.78 is 0. The van der Waals surface area contributed by atoms with E-state index in [1.807, 2.05) is 36.5 Å². The van der Waals surface area contributed by atoms with Crippen molar-refractivity contribution in [1.29, 1.82) is 0 Å². The normalized spacial score (nSPS) is 16.8. The van der Waals surface area contributed by atoms with Gasteiger partial charge in [-0.2, -0.15) is 0 Å². The Kier molecular flexibility index (Phi) is 4.19. The van der Waals surface area contributed by atoms with Gasteiger partial charge in [-0.05, 0) is 17.5 Å². The van der Waals surface area contributed by atoms with E-state index < -0.39 is 5.21 Å². The molecule has 0 atom stereocenters. The van der Waals surface area contributed by atoms with Crippen LogP contribution < -0.4 is 0 Å². The molecule has 1 aromatic heterocycles. The summed E-state index contributed by atoms with van der Waals surface area (Å²) in [5, 5.41) is -0.806. The molecule has 3 heteroatoms. The lowest BCUT2D eigenvalue weighted by molar-refractivity contribution is 0.327. The van der Waals surface area contributed by atoms with Crippen LogP contribution in [0.4, 0.5) is 0 Å². The molecule has 1 aliphatic carbocycles. The number of rotatable bonds is 3. The lowest BCUT2D eigenvalue weighted by Crippen LogP contribution is -2.38. The molecule has 2 aromatic rings. The maximum Gasteiger partial charge on any atom is 0.0724 e. The lowest BCUT2D eigenvalue weighted by Gasteiger charge is -2.39. The van der Waals surface area contributed by atoms with Crippen molar-refractivity contribution in [3.63, 3.8) is 0 Å². The van der Waals surface area contributed by atoms with Crippen molar-refractivity contribution < 1.29 is 0 Å². The van der Waals surface area contributed by atoms with Gasteiger partial charge in [-0.15, -0.1) is 0 Å². The average Bonchev–Trinajstić information content (AvgIpc) is 2.56. The maximum atomic E-state index is 6.59. The highest BCUT2D eigenvalue weighted by molar-refractivity contribution is 6.40. The van der Waals surface area contributed by atoms with Gasteiger partial charge in [-0.3, -0.25) is 4.98 Å². The summed E-state index contributed by atoms with van der Waals surface area (Å²) in [5.74, 6) is 0.331. The van der Waals surface area contributed by atoms with E-state index in [4.69, 9.17) is 15.7 Å². The minimum absolute atomic E-state index is 0.331. The standard InChI is InChI=1S/C18H19B2N/c19-18(20,15-10-5-2-6-11-15)16-12-7-13-21-17(16)14-8-3-1-4-9-14/h1,3-4,7-9,12-13,15H,2,5-6,10-11H2. The molecule has 1 aromatic carbocycles. The van der Waals surface area contributed by atoms with Crippen LogP contribution in [-0.4, -0.2) is 20.7 Å². The summed E-state index contributed by atoms with van der Waals surface area (Å²) in [6.45, 7) is 0. The smallest absolute Gasteiger partial charge is 0.0724 e. The second kappa shape index (κ2) is 6.09. The van der Waals surface area contributed by atoms with Gasteiger partial charge < -0.3 is 0 Å². The molecule has 1 aliphatic rings. The molecule has 1 heterocycles. The maximum absolute atomic E-state index is 6.59. The summed E-state index contributed by atoms with van der Waals surface area (Å²) in [7, 11) is 13.2. The molecule has 0 unspecified atom stereocenters. The van der Waals surface area contributed by atoms with E-state index in [0.717, 1.165) is 29.7 Å². The van der Waals surface area contributed by atoms with Gasteiger partial charge in [0, 0.05) is 11.8 Å². The lowest BCUT2D eigenvalue weighted by atomic mass is 9.43. The monoisotopic (exact) mass is 271 g/mol. The molecule has 0 spiro atoms. The Hall–Kier alpha value is -1.50. The molecular weight excluding hydrogens is 252 g/mol. The zero-order chi connectivity index (χ0) is 14.7. The first-order chi connectivity index (χ1) is 10.2. The largest absolute Gasteiger partial charge is 0.256 e. The van der Waals surface area contributed by atoms with E-state index in [0.29, 0.717) is 5.92 Å². The van der Waals surface area contributed by atoms with Crippen molar-refractivity contribution in [3.8, 4) is 11.3 Å². The van der Waals surface area contributed by atoms with Crippen LogP contribution in [0.2, 0.25) is 0 Å². The topological polar surface area (TPSA) is 12.9 Å². The molecule has 0 N–H and O–H groups in total. The van der Waals surface area contributed by atoms with Crippen molar-refractivity contribution in [2.75, 3.05) is 0 Å². The van der Waals surface area contributed by atoms with Crippen molar-refractivity contribution in [3.05, 3.63) is 54.2 Å². The van der Waals surface area contributed by atoms with E-state index in [9.17, 15) is 0 Å². The number of nitrogens with zero attached hydrogens (tertiary/aromatic N) is 1. The molecule has 1 saturated carbocycles. The summed E-state index contributed by atoms with van der Waals surface area (Å²) in [6, 6.07) is 14.1. The molecule has 0 aliphatic heterocycles. The Morgan fingerprint density at radius 1 is 0.905 bits per heavy atom. The summed E-state index contributed by atoms with van der Waals surface area (Å²) in [5.41, 5.74) is 2.95. The predicted molar refractivity (Wildman–Crippen MR) is 89.4 cm³/mol. The minimum atomic E-state index is -0.806. The fourth-order valence-electron chi connectivity index (χ4n) is 3.38. The fraction of sp³-hybridized carbons (Fsp3) is 0.389. The number of benzene rings is 1. The van der Waals surface area contributed by atoms with Gasteiger partial charge in [-0.25, -0.2) is 0 Å². The summed E-state index contributed by atoms with van der Waals surface area (Å²) >= 11 is 0. The van der Waals surface area contributed by atoms with E-state index in [1.54, 1.807) is 0 Å². The average molecular weight is 271 g/mol. The molecule has 102 valence electrons. The zero-order valence-electron chi connectivity index (χ0n) is 12.3. The van der Waals surface area contributed by atoms with Crippen LogP contribution in [-0.2, 0) is 5.21 Å². The Morgan fingerprint density at radius 2 is 1.62 bits per heavy atom. The van der Waals surface area contributed by atoms with Crippen LogP contribution in [0, 0.1) is 5.92 Å². The third-order valence-electron chi connectivity index (χ3n) is 4.60. The quantitative estimate of drug-likeness (QED) is 0.773. The second-order valence-electron chi connectivity index (χ2n) is 6.03. The van der Waals surface area contributed by atoms with Crippen molar-refractivity contribution in [2.24, 2.45) is 5.92 Å². The van der Waals surface area contributed by atoms with E-state index >= 15 is 0 Å². The minimum Gasteiger partial charge on any atom is -0.256 e. The van der Waals surface area contributed by atoms with Crippen molar-refractivity contribution in [2.45, 2.75) is 37.3 Å². The van der Waals surface area contributed by atoms with Gasteiger partial charge in [-0.1, -0.05) is 73.7 Å². The van der Waals surface area contributed by atoms with Crippen LogP contribution in [0.15, 0.2) is 48.7 Å². The molecular formula is C18H19B2N. The molecule has 21 heavy (non-hydrogen) atoms. The third-order valence-corrected chi connectivity index (χ3v) is 4.60. The number of aromatic nitrogens is 1. The van der Waals surface area contributed by atoms with Crippen LogP contribution in [0.5, 0.6) is 0 Å². The molecule has 4 radical (unpaired) electrons. The summed E-state index contributed by atoms with van der Waals surface area (Å²) in [4.78, 5) is 4.55. The van der Waals surface area contributed by atoms with Gasteiger partial charge in [0.05, 0.1) is 21.4 Å². The molecule has 0 saturated heterocycles. The molecule has 1 nitrogen and oxygen atoms in total. The first-order valence-corrected chi connectivity index (χ1v) is 7.78. The van der Waals surface area contributed by atoms with E-state index in [1.165, 1.54) is 19.3 Å². The van der Waals surface area contributed by atoms with Gasteiger partial charge >= 0.3 is 0 Å². The van der Waals surface area contributed by atoms with Gasteiger partial charge in [0.25, 0.3) is 0 Å². The van der Waals surface area contributed by atoms with Gasteiger partial charge in [0.2, 0.25) is 0 Å². The van der Waals surface area contributed by atoms with Crippen molar-refractivity contribution >= 4 is 15.7 Å². The van der Waals surface area contributed by atoms with Crippen LogP contribution in [0.3, 0.4) is 0 Å². The fourth-order valence-corrected chi connectivity index (χ4v) is 3.38. The molecule has 3 rings (SSSR count). The Labute approximate surface area is 130 Å². The first-order valence-electron chi connectivity index (χ1n) is 7.78. The van der Waals surface area contributed by atoms with Gasteiger partial charge in [0.1, 0.15) is 0 Å². The number of hydrogen-bond acceptors (Lipinski definition) is 1. The van der Waals surface area contributed by atoms with E-state index in [-0.39, 0.29) is 0 Å². The molecule has 1 fully saturated rings. The van der Waals surface area contributed by atoms with Crippen LogP contribution >= 0.6 is 0 Å². The Balaban J connectivity index is 2.02. The number of hydrogen-bond donors (Lipinski definition) is 0. The number of pyridine rings is 1. The van der Waals surface area contributed by atoms with Crippen LogP contribution in [0.1, 0.15) is 37.7 Å². The van der Waals surface area contributed by atoms with Gasteiger partial charge in [0.15, 0.2) is 0 Å². The molecule has 0 amide bonds. The summed E-state index contributed by atoms with van der Waals surface area (Å²) in [6.07, 6.45) is 7.77. The second-order valence-corrected chi connectivity index (χ2v) is 6.03. The highest BCUT2D eigenvalue weighted by atomic mass is 14.7. The SMILES string of the molecule is [B]C([B])(c1cccnc1-c1ccccc1)C1CCCCC1. The Bertz CT molecular complexity index is 589. The zero-order valence-corrected chi connectivity index (χ0v) is 12.3. The van der Waals surface area contributed by atoms with Crippen LogP contribution in [0.25, 0.3) is 11.3 Å². The Morgan fingerprint density at radius 3 is 2.33 bits per heavy atom. The predicted octanol–water partition coefficient (Wildman–Crippen LogP) is 3.82. The molecule has 0 bridgehead atoms. The first kappa shape index (κ1) is 14.4. The third kappa shape index (κ3) is 2.92. The van der Waals surface area contributed by atoms with Crippen molar-refractivity contribution in [1.82, 2.24) is 4.98 Å². The highest BCUT2D eigenvalue weighted by Gasteiger charge is 2.33. The van der Waals surface area contributed by atoms with E-state index in [2.05, 4.69) is 17.1 Å². The highest BCUT2D eigenvalue weighted by Crippen LogP contribution is 2.39.